The van der Waals surface area contributed by atoms with Gasteiger partial charge in [0.25, 0.3) is 0 Å². The second kappa shape index (κ2) is 3.04. The van der Waals surface area contributed by atoms with E-state index in [4.69, 9.17) is 4.74 Å². The summed E-state index contributed by atoms with van der Waals surface area (Å²) in [5.41, 5.74) is 3.35. The molecule has 13 heavy (non-hydrogen) atoms. The largest absolute Gasteiger partial charge is 0.493 e. The van der Waals surface area contributed by atoms with Crippen LogP contribution in [0.1, 0.15) is 29.7 Å². The minimum atomic E-state index is -0.385. The Balaban J connectivity index is 2.49. The molecule has 0 saturated carbocycles. The first-order chi connectivity index (χ1) is 6.18. The molecule has 2 heteroatoms. The van der Waals surface area contributed by atoms with E-state index in [1.54, 1.807) is 6.92 Å². The molecule has 2 nitrogen and oxygen atoms in total. The number of fused-ring (bicyclic) bond motifs is 1. The van der Waals surface area contributed by atoms with Crippen molar-refractivity contribution in [1.29, 1.82) is 0 Å². The fourth-order valence-electron chi connectivity index (χ4n) is 1.77. The van der Waals surface area contributed by atoms with Gasteiger partial charge < -0.3 is 9.84 Å². The number of benzene rings is 1. The lowest BCUT2D eigenvalue weighted by atomic mass is 10.0. The molecule has 1 atom stereocenters. The van der Waals surface area contributed by atoms with E-state index in [-0.39, 0.29) is 6.10 Å². The van der Waals surface area contributed by atoms with Gasteiger partial charge in [-0.15, -0.1) is 0 Å². The van der Waals surface area contributed by atoms with E-state index >= 15 is 0 Å². The van der Waals surface area contributed by atoms with E-state index < -0.39 is 0 Å². The van der Waals surface area contributed by atoms with Gasteiger partial charge in [-0.1, -0.05) is 0 Å². The first kappa shape index (κ1) is 8.57. The van der Waals surface area contributed by atoms with Gasteiger partial charge in [0.15, 0.2) is 0 Å². The van der Waals surface area contributed by atoms with Crippen LogP contribution in [0.3, 0.4) is 0 Å². The molecular formula is C11H14O2. The molecule has 1 heterocycles. The summed E-state index contributed by atoms with van der Waals surface area (Å²) in [6.45, 7) is 4.59. The third kappa shape index (κ3) is 1.42. The zero-order valence-electron chi connectivity index (χ0n) is 8.00. The molecule has 1 N–H and O–H groups in total. The van der Waals surface area contributed by atoms with Crippen molar-refractivity contribution in [3.8, 4) is 5.75 Å². The van der Waals surface area contributed by atoms with Crippen molar-refractivity contribution in [1.82, 2.24) is 0 Å². The predicted octanol–water partition coefficient (Wildman–Crippen LogP) is 1.98. The SMILES string of the molecule is Cc1cc(C(C)O)cc2c1OCC2. The number of hydrogen-bond acceptors (Lipinski definition) is 2. The molecule has 0 radical (unpaired) electrons. The van der Waals surface area contributed by atoms with Gasteiger partial charge in [0.05, 0.1) is 12.7 Å². The minimum Gasteiger partial charge on any atom is -0.493 e. The number of hydrogen-bond donors (Lipinski definition) is 1. The molecule has 1 unspecified atom stereocenters. The number of rotatable bonds is 1. The molecule has 0 fully saturated rings. The summed E-state index contributed by atoms with van der Waals surface area (Å²) in [6, 6.07) is 4.04. The summed E-state index contributed by atoms with van der Waals surface area (Å²) in [7, 11) is 0. The average Bonchev–Trinajstić information content (AvgIpc) is 2.51. The van der Waals surface area contributed by atoms with Crippen LogP contribution in [0.4, 0.5) is 0 Å². The fraction of sp³-hybridized carbons (Fsp3) is 0.455. The maximum absolute atomic E-state index is 9.44. The molecule has 0 bridgehead atoms. The van der Waals surface area contributed by atoms with Gasteiger partial charge >= 0.3 is 0 Å². The normalized spacial score (nSPS) is 16.5. The van der Waals surface area contributed by atoms with Gasteiger partial charge in [0, 0.05) is 6.42 Å². The molecular weight excluding hydrogens is 164 g/mol. The molecule has 70 valence electrons. The summed E-state index contributed by atoms with van der Waals surface area (Å²) in [5.74, 6) is 1.02. The van der Waals surface area contributed by atoms with Gasteiger partial charge in [0.2, 0.25) is 0 Å². The van der Waals surface area contributed by atoms with E-state index in [0.29, 0.717) is 0 Å². The Labute approximate surface area is 78.2 Å². The predicted molar refractivity (Wildman–Crippen MR) is 51.0 cm³/mol. The molecule has 1 aliphatic rings. The Hall–Kier alpha value is -1.02. The molecule has 0 aromatic heterocycles. The Morgan fingerprint density at radius 1 is 1.46 bits per heavy atom. The van der Waals surface area contributed by atoms with Crippen molar-refractivity contribution in [2.24, 2.45) is 0 Å². The standard InChI is InChI=1S/C11H14O2/c1-7-5-10(8(2)12)6-9-3-4-13-11(7)9/h5-6,8,12H,3-4H2,1-2H3. The van der Waals surface area contributed by atoms with Crippen LogP contribution in [0.5, 0.6) is 5.75 Å². The molecule has 1 aromatic carbocycles. The summed E-state index contributed by atoms with van der Waals surface area (Å²) < 4.78 is 5.48. The second-order valence-electron chi connectivity index (χ2n) is 3.60. The van der Waals surface area contributed by atoms with Crippen molar-refractivity contribution in [3.63, 3.8) is 0 Å². The molecule has 0 amide bonds. The molecule has 2 rings (SSSR count). The van der Waals surface area contributed by atoms with E-state index in [9.17, 15) is 5.11 Å². The smallest absolute Gasteiger partial charge is 0.125 e. The van der Waals surface area contributed by atoms with E-state index in [2.05, 4.69) is 0 Å². The Kier molecular flexibility index (Phi) is 2.00. The summed E-state index contributed by atoms with van der Waals surface area (Å²) in [4.78, 5) is 0. The van der Waals surface area contributed by atoms with Crippen LogP contribution in [0, 0.1) is 6.92 Å². The quantitative estimate of drug-likeness (QED) is 0.712. The monoisotopic (exact) mass is 178 g/mol. The Morgan fingerprint density at radius 2 is 2.23 bits per heavy atom. The Morgan fingerprint density at radius 3 is 2.92 bits per heavy atom. The van der Waals surface area contributed by atoms with Crippen LogP contribution in [0.2, 0.25) is 0 Å². The van der Waals surface area contributed by atoms with Crippen molar-refractivity contribution in [2.45, 2.75) is 26.4 Å². The van der Waals surface area contributed by atoms with E-state index in [0.717, 1.165) is 29.9 Å². The molecule has 0 spiro atoms. The molecule has 0 saturated heterocycles. The van der Waals surface area contributed by atoms with E-state index in [1.165, 1.54) is 5.56 Å². The van der Waals surface area contributed by atoms with Crippen LogP contribution in [0.25, 0.3) is 0 Å². The maximum atomic E-state index is 9.44. The van der Waals surface area contributed by atoms with Gasteiger partial charge in [-0.2, -0.15) is 0 Å². The van der Waals surface area contributed by atoms with Gasteiger partial charge in [-0.3, -0.25) is 0 Å². The van der Waals surface area contributed by atoms with Crippen LogP contribution in [-0.2, 0) is 6.42 Å². The fourth-order valence-corrected chi connectivity index (χ4v) is 1.77. The third-order valence-electron chi connectivity index (χ3n) is 2.47. The van der Waals surface area contributed by atoms with Crippen molar-refractivity contribution >= 4 is 0 Å². The lowest BCUT2D eigenvalue weighted by Crippen LogP contribution is -1.94. The van der Waals surface area contributed by atoms with Crippen LogP contribution in [0.15, 0.2) is 12.1 Å². The first-order valence-corrected chi connectivity index (χ1v) is 4.63. The van der Waals surface area contributed by atoms with Crippen LogP contribution in [-0.4, -0.2) is 11.7 Å². The lowest BCUT2D eigenvalue weighted by Gasteiger charge is -2.09. The van der Waals surface area contributed by atoms with Crippen molar-refractivity contribution < 1.29 is 9.84 Å². The zero-order chi connectivity index (χ0) is 9.42. The van der Waals surface area contributed by atoms with Crippen LogP contribution < -0.4 is 4.74 Å². The number of aryl methyl sites for hydroxylation is 1. The average molecular weight is 178 g/mol. The van der Waals surface area contributed by atoms with Crippen molar-refractivity contribution in [3.05, 3.63) is 28.8 Å². The lowest BCUT2D eigenvalue weighted by molar-refractivity contribution is 0.199. The highest BCUT2D eigenvalue weighted by atomic mass is 16.5. The van der Waals surface area contributed by atoms with Gasteiger partial charge in [-0.25, -0.2) is 0 Å². The number of ether oxygens (including phenoxy) is 1. The first-order valence-electron chi connectivity index (χ1n) is 4.63. The highest BCUT2D eigenvalue weighted by molar-refractivity contribution is 5.46. The van der Waals surface area contributed by atoms with E-state index in [1.807, 2.05) is 19.1 Å². The summed E-state index contributed by atoms with van der Waals surface area (Å²) in [6.07, 6.45) is 0.584. The summed E-state index contributed by atoms with van der Waals surface area (Å²) in [5, 5.41) is 9.44. The highest BCUT2D eigenvalue weighted by Crippen LogP contribution is 2.31. The number of aliphatic hydroxyl groups is 1. The molecule has 1 aliphatic heterocycles. The topological polar surface area (TPSA) is 29.5 Å². The third-order valence-corrected chi connectivity index (χ3v) is 2.47. The highest BCUT2D eigenvalue weighted by Gasteiger charge is 2.16. The zero-order valence-corrected chi connectivity index (χ0v) is 8.00. The second-order valence-corrected chi connectivity index (χ2v) is 3.60. The minimum absolute atomic E-state index is 0.385. The van der Waals surface area contributed by atoms with Crippen LogP contribution >= 0.6 is 0 Å². The summed E-state index contributed by atoms with van der Waals surface area (Å²) >= 11 is 0. The number of aliphatic hydroxyl groups excluding tert-OH is 1. The maximum Gasteiger partial charge on any atom is 0.125 e. The van der Waals surface area contributed by atoms with Gasteiger partial charge in [-0.05, 0) is 42.7 Å². The Bertz CT molecular complexity index is 329. The molecule has 0 aliphatic carbocycles. The van der Waals surface area contributed by atoms with Gasteiger partial charge in [0.1, 0.15) is 5.75 Å². The molecule has 1 aromatic rings. The van der Waals surface area contributed by atoms with Crippen molar-refractivity contribution in [2.75, 3.05) is 6.61 Å².